The number of amidine groups is 1. The Bertz CT molecular complexity index is 210. The van der Waals surface area contributed by atoms with E-state index in [-0.39, 0.29) is 5.84 Å². The van der Waals surface area contributed by atoms with E-state index in [2.05, 4.69) is 23.9 Å². The van der Waals surface area contributed by atoms with E-state index in [4.69, 9.17) is 20.4 Å². The van der Waals surface area contributed by atoms with E-state index in [0.717, 1.165) is 13.1 Å². The van der Waals surface area contributed by atoms with Crippen LogP contribution in [0.3, 0.4) is 0 Å². The van der Waals surface area contributed by atoms with Gasteiger partial charge in [-0.05, 0) is 13.8 Å². The minimum atomic E-state index is 0.260. The van der Waals surface area contributed by atoms with Gasteiger partial charge in [-0.2, -0.15) is 0 Å². The summed E-state index contributed by atoms with van der Waals surface area (Å²) in [5, 5.41) is 11.4. The molecule has 0 aromatic carbocycles. The van der Waals surface area contributed by atoms with Gasteiger partial charge >= 0.3 is 0 Å². The maximum absolute atomic E-state index is 8.47. The molecular weight excluding hydrogens is 222 g/mol. The smallest absolute Gasteiger partial charge is 0.140 e. The lowest BCUT2D eigenvalue weighted by atomic mass is 10.2. The van der Waals surface area contributed by atoms with E-state index >= 15 is 0 Å². The fourth-order valence-electron chi connectivity index (χ4n) is 1.36. The normalized spacial score (nSPS) is 12.6. The molecule has 0 fully saturated rings. The SMILES string of the molecule is COCCOCCN(CCC(N)=NO)C(C)C. The molecule has 0 unspecified atom stereocenters. The summed E-state index contributed by atoms with van der Waals surface area (Å²) in [7, 11) is 1.65. The first-order valence-electron chi connectivity index (χ1n) is 5.89. The Morgan fingerprint density at radius 2 is 2.00 bits per heavy atom. The van der Waals surface area contributed by atoms with Crippen LogP contribution in [0.4, 0.5) is 0 Å². The van der Waals surface area contributed by atoms with Crippen LogP contribution in [-0.4, -0.2) is 62.0 Å². The number of hydrogen-bond donors (Lipinski definition) is 2. The van der Waals surface area contributed by atoms with Gasteiger partial charge in [0, 0.05) is 32.7 Å². The highest BCUT2D eigenvalue weighted by Crippen LogP contribution is 1.99. The minimum absolute atomic E-state index is 0.260. The lowest BCUT2D eigenvalue weighted by Gasteiger charge is -2.26. The standard InChI is InChI=1S/C11H25N3O3/c1-10(2)14(5-4-11(12)13-15)6-7-17-9-8-16-3/h10,15H,4-9H2,1-3H3,(H2,12,13). The molecule has 0 aromatic heterocycles. The highest BCUT2D eigenvalue weighted by Gasteiger charge is 2.09. The van der Waals surface area contributed by atoms with Crippen molar-refractivity contribution in [3.63, 3.8) is 0 Å². The predicted molar refractivity (Wildman–Crippen MR) is 67.4 cm³/mol. The first kappa shape index (κ1) is 16.1. The second kappa shape index (κ2) is 10.3. The van der Waals surface area contributed by atoms with Gasteiger partial charge in [-0.1, -0.05) is 5.16 Å². The number of rotatable bonds is 10. The fourth-order valence-corrected chi connectivity index (χ4v) is 1.36. The van der Waals surface area contributed by atoms with Crippen molar-refractivity contribution in [3.05, 3.63) is 0 Å². The quantitative estimate of drug-likeness (QED) is 0.193. The van der Waals surface area contributed by atoms with Crippen molar-refractivity contribution in [2.24, 2.45) is 10.9 Å². The Morgan fingerprint density at radius 3 is 2.53 bits per heavy atom. The van der Waals surface area contributed by atoms with Crippen LogP contribution >= 0.6 is 0 Å². The average molecular weight is 247 g/mol. The van der Waals surface area contributed by atoms with Gasteiger partial charge < -0.3 is 20.4 Å². The van der Waals surface area contributed by atoms with Crippen LogP contribution in [0.5, 0.6) is 0 Å². The maximum Gasteiger partial charge on any atom is 0.140 e. The van der Waals surface area contributed by atoms with E-state index in [9.17, 15) is 0 Å². The molecule has 0 bridgehead atoms. The molecule has 6 heteroatoms. The average Bonchev–Trinajstić information content (AvgIpc) is 2.31. The Labute approximate surface area is 103 Å². The summed E-state index contributed by atoms with van der Waals surface area (Å²) >= 11 is 0. The lowest BCUT2D eigenvalue weighted by molar-refractivity contribution is 0.0527. The fraction of sp³-hybridized carbons (Fsp3) is 0.909. The minimum Gasteiger partial charge on any atom is -0.409 e. The van der Waals surface area contributed by atoms with Gasteiger partial charge in [-0.3, -0.25) is 4.90 Å². The first-order chi connectivity index (χ1) is 8.11. The zero-order valence-corrected chi connectivity index (χ0v) is 11.1. The summed E-state index contributed by atoms with van der Waals surface area (Å²) in [5.41, 5.74) is 5.44. The molecule has 102 valence electrons. The lowest BCUT2D eigenvalue weighted by Crippen LogP contribution is -2.36. The van der Waals surface area contributed by atoms with Gasteiger partial charge in [0.05, 0.1) is 19.8 Å². The van der Waals surface area contributed by atoms with Crippen LogP contribution in [0, 0.1) is 0 Å². The molecule has 0 rings (SSSR count). The maximum atomic E-state index is 8.47. The molecule has 0 radical (unpaired) electrons. The van der Waals surface area contributed by atoms with E-state index in [1.807, 2.05) is 0 Å². The highest BCUT2D eigenvalue weighted by atomic mass is 16.5. The molecule has 0 aromatic rings. The van der Waals surface area contributed by atoms with E-state index in [1.165, 1.54) is 0 Å². The zero-order chi connectivity index (χ0) is 13.1. The first-order valence-corrected chi connectivity index (χ1v) is 5.89. The van der Waals surface area contributed by atoms with Crippen LogP contribution in [0.25, 0.3) is 0 Å². The van der Waals surface area contributed by atoms with Gasteiger partial charge in [0.2, 0.25) is 0 Å². The molecule has 0 aliphatic heterocycles. The molecule has 0 saturated heterocycles. The number of ether oxygens (including phenoxy) is 2. The van der Waals surface area contributed by atoms with Crippen molar-refractivity contribution in [3.8, 4) is 0 Å². The van der Waals surface area contributed by atoms with Crippen LogP contribution < -0.4 is 5.73 Å². The molecule has 0 aliphatic rings. The largest absolute Gasteiger partial charge is 0.409 e. The van der Waals surface area contributed by atoms with Crippen molar-refractivity contribution in [2.45, 2.75) is 26.3 Å². The van der Waals surface area contributed by atoms with Crippen molar-refractivity contribution in [2.75, 3.05) is 40.0 Å². The molecule has 0 aliphatic carbocycles. The predicted octanol–water partition coefficient (Wildman–Crippen LogP) is 0.496. The van der Waals surface area contributed by atoms with Gasteiger partial charge in [-0.15, -0.1) is 0 Å². The van der Waals surface area contributed by atoms with Gasteiger partial charge in [0.15, 0.2) is 0 Å². The topological polar surface area (TPSA) is 80.3 Å². The van der Waals surface area contributed by atoms with Gasteiger partial charge in [0.1, 0.15) is 5.84 Å². The summed E-state index contributed by atoms with van der Waals surface area (Å²) < 4.78 is 10.3. The molecule has 17 heavy (non-hydrogen) atoms. The summed E-state index contributed by atoms with van der Waals surface area (Å²) in [6, 6.07) is 0.410. The van der Waals surface area contributed by atoms with Crippen LogP contribution in [0.2, 0.25) is 0 Å². The third-order valence-corrected chi connectivity index (χ3v) is 2.47. The van der Waals surface area contributed by atoms with Crippen molar-refractivity contribution in [1.82, 2.24) is 4.90 Å². The van der Waals surface area contributed by atoms with Crippen molar-refractivity contribution < 1.29 is 14.7 Å². The van der Waals surface area contributed by atoms with Gasteiger partial charge in [0.25, 0.3) is 0 Å². The molecule has 0 heterocycles. The second-order valence-electron chi connectivity index (χ2n) is 4.08. The Kier molecular flexibility index (Phi) is 9.80. The van der Waals surface area contributed by atoms with E-state index < -0.39 is 0 Å². The summed E-state index contributed by atoms with van der Waals surface area (Å²) in [5.74, 6) is 0.260. The highest BCUT2D eigenvalue weighted by molar-refractivity contribution is 5.79. The molecule has 6 nitrogen and oxygen atoms in total. The Hall–Kier alpha value is -0.850. The van der Waals surface area contributed by atoms with Crippen LogP contribution in [-0.2, 0) is 9.47 Å². The number of hydrogen-bond acceptors (Lipinski definition) is 5. The monoisotopic (exact) mass is 247 g/mol. The summed E-state index contributed by atoms with van der Waals surface area (Å²) in [6.45, 7) is 7.72. The van der Waals surface area contributed by atoms with Gasteiger partial charge in [-0.25, -0.2) is 0 Å². The van der Waals surface area contributed by atoms with Crippen LogP contribution in [0.1, 0.15) is 20.3 Å². The summed E-state index contributed by atoms with van der Waals surface area (Å²) in [6.07, 6.45) is 0.562. The zero-order valence-electron chi connectivity index (χ0n) is 11.1. The molecule has 0 atom stereocenters. The molecule has 0 spiro atoms. The number of oxime groups is 1. The van der Waals surface area contributed by atoms with Crippen molar-refractivity contribution in [1.29, 1.82) is 0 Å². The molecular formula is C11H25N3O3. The number of methoxy groups -OCH3 is 1. The molecule has 3 N–H and O–H groups in total. The Balaban J connectivity index is 3.75. The second-order valence-corrected chi connectivity index (χ2v) is 4.08. The summed E-state index contributed by atoms with van der Waals surface area (Å²) in [4.78, 5) is 2.23. The third kappa shape index (κ3) is 8.91. The Morgan fingerprint density at radius 1 is 1.29 bits per heavy atom. The third-order valence-electron chi connectivity index (χ3n) is 2.47. The number of nitrogens with two attached hydrogens (primary N) is 1. The van der Waals surface area contributed by atoms with E-state index in [0.29, 0.717) is 32.3 Å². The van der Waals surface area contributed by atoms with Crippen LogP contribution in [0.15, 0.2) is 5.16 Å². The molecule has 0 saturated carbocycles. The van der Waals surface area contributed by atoms with E-state index in [1.54, 1.807) is 7.11 Å². The molecule has 0 amide bonds. The van der Waals surface area contributed by atoms with Crippen molar-refractivity contribution >= 4 is 5.84 Å². The number of nitrogens with zero attached hydrogens (tertiary/aromatic N) is 2.